The molecule has 2 aromatic rings. The van der Waals surface area contributed by atoms with E-state index in [0.717, 1.165) is 18.6 Å². The van der Waals surface area contributed by atoms with Crippen molar-refractivity contribution in [2.24, 2.45) is 0 Å². The van der Waals surface area contributed by atoms with Crippen LogP contribution < -0.4 is 4.74 Å². The highest BCUT2D eigenvalue weighted by molar-refractivity contribution is 5.73. The molecule has 0 aliphatic heterocycles. The van der Waals surface area contributed by atoms with Gasteiger partial charge in [-0.05, 0) is 56.5 Å². The number of carboxylic acid groups (broad SMARTS) is 1. The van der Waals surface area contributed by atoms with Crippen LogP contribution in [0.15, 0.2) is 54.6 Å². The highest BCUT2D eigenvalue weighted by Gasteiger charge is 2.23. The molecule has 2 rings (SSSR count). The fourth-order valence-corrected chi connectivity index (χ4v) is 3.54. The zero-order valence-corrected chi connectivity index (χ0v) is 18.4. The van der Waals surface area contributed by atoms with E-state index in [1.165, 1.54) is 11.1 Å². The second kappa shape index (κ2) is 13.0. The largest absolute Gasteiger partial charge is 0.491 e. The van der Waals surface area contributed by atoms with Crippen LogP contribution in [0.2, 0.25) is 0 Å². The highest BCUT2D eigenvalue weighted by Crippen LogP contribution is 2.20. The average molecular weight is 414 g/mol. The Kier molecular flexibility index (Phi) is 10.4. The Balaban J connectivity index is 1.80. The normalized spacial score (nSPS) is 13.2. The monoisotopic (exact) mass is 413 g/mol. The van der Waals surface area contributed by atoms with E-state index in [1.807, 2.05) is 49.9 Å². The number of rotatable bonds is 14. The van der Waals surface area contributed by atoms with E-state index >= 15 is 0 Å². The van der Waals surface area contributed by atoms with Crippen molar-refractivity contribution in [1.82, 2.24) is 4.90 Å². The molecule has 0 bridgehead atoms. The lowest BCUT2D eigenvalue weighted by atomic mass is 10.0. The quantitative estimate of drug-likeness (QED) is 0.496. The van der Waals surface area contributed by atoms with Crippen LogP contribution in [-0.2, 0) is 22.4 Å². The molecule has 5 nitrogen and oxygen atoms in total. The summed E-state index contributed by atoms with van der Waals surface area (Å²) in [6, 6.07) is 18.0. The number of hydrogen-bond donors (Lipinski definition) is 1. The molecule has 2 aromatic carbocycles. The molecule has 0 fully saturated rings. The van der Waals surface area contributed by atoms with Crippen molar-refractivity contribution in [2.45, 2.75) is 52.2 Å². The van der Waals surface area contributed by atoms with Gasteiger partial charge in [0, 0.05) is 6.61 Å². The molecular formula is C25H35NO4. The van der Waals surface area contributed by atoms with Crippen molar-refractivity contribution in [1.29, 1.82) is 0 Å². The first-order valence-electron chi connectivity index (χ1n) is 10.9. The molecule has 0 saturated carbocycles. The number of hydrogen-bond acceptors (Lipinski definition) is 4. The van der Waals surface area contributed by atoms with E-state index in [9.17, 15) is 9.90 Å². The van der Waals surface area contributed by atoms with Crippen LogP contribution in [0.3, 0.4) is 0 Å². The van der Waals surface area contributed by atoms with E-state index < -0.39 is 12.0 Å². The van der Waals surface area contributed by atoms with Gasteiger partial charge in [0.2, 0.25) is 0 Å². The zero-order valence-electron chi connectivity index (χ0n) is 18.4. The van der Waals surface area contributed by atoms with Crippen molar-refractivity contribution in [3.05, 3.63) is 65.7 Å². The maximum absolute atomic E-state index is 11.5. The van der Waals surface area contributed by atoms with E-state index in [4.69, 9.17) is 9.47 Å². The smallest absolute Gasteiger partial charge is 0.321 e. The summed E-state index contributed by atoms with van der Waals surface area (Å²) in [5.74, 6) is 0.0916. The van der Waals surface area contributed by atoms with Gasteiger partial charge in [-0.15, -0.1) is 0 Å². The molecule has 2 atom stereocenters. The van der Waals surface area contributed by atoms with Crippen LogP contribution in [0.4, 0.5) is 0 Å². The Bertz CT molecular complexity index is 746. The molecule has 0 heterocycles. The fourth-order valence-electron chi connectivity index (χ4n) is 3.54. The number of aryl methyl sites for hydroxylation is 2. The number of carboxylic acids is 1. The van der Waals surface area contributed by atoms with Crippen LogP contribution in [0.25, 0.3) is 0 Å². The van der Waals surface area contributed by atoms with Gasteiger partial charge in [0.25, 0.3) is 0 Å². The van der Waals surface area contributed by atoms with Crippen LogP contribution in [-0.4, -0.2) is 54.4 Å². The third-order valence-corrected chi connectivity index (χ3v) is 5.30. The van der Waals surface area contributed by atoms with Gasteiger partial charge in [0.15, 0.2) is 0 Å². The summed E-state index contributed by atoms with van der Waals surface area (Å²) in [6.45, 7) is 8.18. The van der Waals surface area contributed by atoms with Gasteiger partial charge in [-0.2, -0.15) is 0 Å². The minimum absolute atomic E-state index is 0.113. The molecule has 1 N–H and O–H groups in total. The van der Waals surface area contributed by atoms with Crippen molar-refractivity contribution in [3.8, 4) is 5.75 Å². The zero-order chi connectivity index (χ0) is 21.8. The minimum Gasteiger partial charge on any atom is -0.491 e. The van der Waals surface area contributed by atoms with Crippen molar-refractivity contribution in [3.63, 3.8) is 0 Å². The molecule has 5 heteroatoms. The van der Waals surface area contributed by atoms with Gasteiger partial charge >= 0.3 is 5.97 Å². The van der Waals surface area contributed by atoms with Crippen molar-refractivity contribution in [2.75, 3.05) is 26.3 Å². The van der Waals surface area contributed by atoms with Gasteiger partial charge in [-0.3, -0.25) is 9.69 Å². The molecule has 0 radical (unpaired) electrons. The molecule has 0 spiro atoms. The Morgan fingerprint density at radius 1 is 1.00 bits per heavy atom. The molecule has 0 aromatic heterocycles. The summed E-state index contributed by atoms with van der Waals surface area (Å²) in [6.07, 6.45) is 2.24. The van der Waals surface area contributed by atoms with Gasteiger partial charge in [-0.1, -0.05) is 62.4 Å². The number of carbonyl (C=O) groups is 1. The maximum atomic E-state index is 11.5. The molecule has 0 aliphatic carbocycles. The fraction of sp³-hybridized carbons (Fsp3) is 0.480. The van der Waals surface area contributed by atoms with E-state index in [-0.39, 0.29) is 6.10 Å². The maximum Gasteiger partial charge on any atom is 0.321 e. The summed E-state index contributed by atoms with van der Waals surface area (Å²) in [7, 11) is 0. The Morgan fingerprint density at radius 3 is 2.33 bits per heavy atom. The number of likely N-dealkylation sites (N-methyl/N-ethyl adjacent to an activating group) is 1. The topological polar surface area (TPSA) is 59.0 Å². The van der Waals surface area contributed by atoms with Crippen LogP contribution >= 0.6 is 0 Å². The molecule has 0 aliphatic rings. The van der Waals surface area contributed by atoms with Crippen LogP contribution in [0, 0.1) is 0 Å². The third kappa shape index (κ3) is 7.81. The van der Waals surface area contributed by atoms with Gasteiger partial charge in [0.1, 0.15) is 18.4 Å². The molecule has 2 unspecified atom stereocenters. The molecule has 0 amide bonds. The predicted octanol–water partition coefficient (Wildman–Crippen LogP) is 4.44. The van der Waals surface area contributed by atoms with Crippen molar-refractivity contribution < 1.29 is 19.4 Å². The molecular weight excluding hydrogens is 378 g/mol. The Hall–Kier alpha value is -2.37. The molecule has 30 heavy (non-hydrogen) atoms. The standard InChI is InChI=1S/C25H35NO4/c1-4-26(5-2)23(25(27)28)17-18-29-20(3)19-30-24-14-10-9-13-22(24)16-15-21-11-7-6-8-12-21/h6-14,20,23H,4-5,15-19H2,1-3H3,(H,27,28). The summed E-state index contributed by atoms with van der Waals surface area (Å²) in [5.41, 5.74) is 2.49. The molecule has 0 saturated heterocycles. The summed E-state index contributed by atoms with van der Waals surface area (Å²) < 4.78 is 11.9. The van der Waals surface area contributed by atoms with Crippen molar-refractivity contribution >= 4 is 5.97 Å². The lowest BCUT2D eigenvalue weighted by Crippen LogP contribution is -2.42. The third-order valence-electron chi connectivity index (χ3n) is 5.30. The van der Waals surface area contributed by atoms with Crippen LogP contribution in [0.5, 0.6) is 5.75 Å². The highest BCUT2D eigenvalue weighted by atomic mass is 16.5. The number of benzene rings is 2. The SMILES string of the molecule is CCN(CC)C(CCOC(C)COc1ccccc1CCc1ccccc1)C(=O)O. The second-order valence-corrected chi connectivity index (χ2v) is 7.45. The first-order chi connectivity index (χ1) is 14.5. The summed E-state index contributed by atoms with van der Waals surface area (Å²) in [5, 5.41) is 9.46. The van der Waals surface area contributed by atoms with E-state index in [1.54, 1.807) is 0 Å². The van der Waals surface area contributed by atoms with Gasteiger partial charge in [-0.25, -0.2) is 0 Å². The van der Waals surface area contributed by atoms with Gasteiger partial charge < -0.3 is 14.6 Å². The summed E-state index contributed by atoms with van der Waals surface area (Å²) in [4.78, 5) is 13.5. The van der Waals surface area contributed by atoms with Gasteiger partial charge in [0.05, 0.1) is 6.10 Å². The lowest BCUT2D eigenvalue weighted by molar-refractivity contribution is -0.144. The van der Waals surface area contributed by atoms with E-state index in [0.29, 0.717) is 32.7 Å². The number of ether oxygens (including phenoxy) is 2. The summed E-state index contributed by atoms with van der Waals surface area (Å²) >= 11 is 0. The first-order valence-corrected chi connectivity index (χ1v) is 10.9. The van der Waals surface area contributed by atoms with Crippen LogP contribution in [0.1, 0.15) is 38.3 Å². The lowest BCUT2D eigenvalue weighted by Gasteiger charge is -2.26. The number of nitrogens with zero attached hydrogens (tertiary/aromatic N) is 1. The predicted molar refractivity (Wildman–Crippen MR) is 120 cm³/mol. The number of para-hydroxylation sites is 1. The minimum atomic E-state index is -0.793. The Morgan fingerprint density at radius 2 is 1.67 bits per heavy atom. The second-order valence-electron chi connectivity index (χ2n) is 7.45. The molecule has 164 valence electrons. The average Bonchev–Trinajstić information content (AvgIpc) is 2.77. The Labute approximate surface area is 180 Å². The van der Waals surface area contributed by atoms with E-state index in [2.05, 4.69) is 30.3 Å². The number of aliphatic carboxylic acids is 1. The first kappa shape index (κ1) is 23.9.